The summed E-state index contributed by atoms with van der Waals surface area (Å²) in [5.41, 5.74) is 0.814. The number of rotatable bonds is 3. The molecule has 0 saturated carbocycles. The van der Waals surface area contributed by atoms with Crippen molar-refractivity contribution >= 4 is 45.1 Å². The van der Waals surface area contributed by atoms with Gasteiger partial charge in [0.05, 0.1) is 16.1 Å². The summed E-state index contributed by atoms with van der Waals surface area (Å²) in [7, 11) is 0. The molecule has 0 fully saturated rings. The van der Waals surface area contributed by atoms with Crippen molar-refractivity contribution in [1.29, 1.82) is 0 Å². The largest absolute Gasteiger partial charge is 0.478 e. The predicted molar refractivity (Wildman–Crippen MR) is 80.5 cm³/mol. The van der Waals surface area contributed by atoms with Gasteiger partial charge in [0.2, 0.25) is 0 Å². The van der Waals surface area contributed by atoms with E-state index in [0.717, 1.165) is 4.47 Å². The number of benzene rings is 2. The van der Waals surface area contributed by atoms with Gasteiger partial charge in [-0.15, -0.1) is 0 Å². The van der Waals surface area contributed by atoms with Crippen LogP contribution < -0.4 is 5.32 Å². The molecule has 2 rings (SSSR count). The van der Waals surface area contributed by atoms with Crippen molar-refractivity contribution in [2.75, 3.05) is 5.32 Å². The van der Waals surface area contributed by atoms with Crippen molar-refractivity contribution in [1.82, 2.24) is 0 Å². The van der Waals surface area contributed by atoms with E-state index in [9.17, 15) is 9.59 Å². The molecule has 0 aliphatic rings. The number of amides is 1. The number of hydrogen-bond donors (Lipinski definition) is 2. The van der Waals surface area contributed by atoms with E-state index in [4.69, 9.17) is 16.7 Å². The summed E-state index contributed by atoms with van der Waals surface area (Å²) in [5, 5.41) is 11.8. The summed E-state index contributed by atoms with van der Waals surface area (Å²) in [4.78, 5) is 22.9. The van der Waals surface area contributed by atoms with Crippen LogP contribution in [0.2, 0.25) is 5.02 Å². The van der Waals surface area contributed by atoms with E-state index in [1.807, 2.05) is 0 Å². The van der Waals surface area contributed by atoms with E-state index in [0.29, 0.717) is 16.3 Å². The third kappa shape index (κ3) is 3.37. The lowest BCUT2D eigenvalue weighted by Gasteiger charge is -2.07. The molecule has 0 spiro atoms. The fraction of sp³-hybridized carbons (Fsp3) is 0. The first-order valence-corrected chi connectivity index (χ1v) is 6.74. The standard InChI is InChI=1S/C14H9BrClNO3/c15-9-4-5-11(12(16)7-9)13(18)17-10-3-1-2-8(6-10)14(19)20/h1-7H,(H,17,18)(H,19,20). The predicted octanol–water partition coefficient (Wildman–Crippen LogP) is 4.05. The third-order valence-electron chi connectivity index (χ3n) is 2.54. The first-order chi connectivity index (χ1) is 9.47. The van der Waals surface area contributed by atoms with Crippen LogP contribution in [0.4, 0.5) is 5.69 Å². The number of halogens is 2. The maximum atomic E-state index is 12.1. The summed E-state index contributed by atoms with van der Waals surface area (Å²) < 4.78 is 0.770. The number of aromatic carboxylic acids is 1. The van der Waals surface area contributed by atoms with E-state index < -0.39 is 11.9 Å². The Morgan fingerprint density at radius 3 is 2.55 bits per heavy atom. The molecule has 0 radical (unpaired) electrons. The Morgan fingerprint density at radius 1 is 1.15 bits per heavy atom. The highest BCUT2D eigenvalue weighted by Crippen LogP contribution is 2.22. The van der Waals surface area contributed by atoms with Crippen molar-refractivity contribution in [3.05, 3.63) is 63.1 Å². The zero-order valence-corrected chi connectivity index (χ0v) is 12.4. The van der Waals surface area contributed by atoms with E-state index in [-0.39, 0.29) is 5.56 Å². The quantitative estimate of drug-likeness (QED) is 0.874. The molecule has 2 aromatic rings. The second-order valence-electron chi connectivity index (χ2n) is 3.96. The van der Waals surface area contributed by atoms with Crippen LogP contribution in [0.25, 0.3) is 0 Å². The Labute approximate surface area is 128 Å². The number of carboxylic acid groups (broad SMARTS) is 1. The average molecular weight is 355 g/mol. The van der Waals surface area contributed by atoms with Crippen molar-refractivity contribution in [2.24, 2.45) is 0 Å². The Bertz CT molecular complexity index is 688. The Morgan fingerprint density at radius 2 is 1.90 bits per heavy atom. The van der Waals surface area contributed by atoms with Gasteiger partial charge in [0.1, 0.15) is 0 Å². The second-order valence-corrected chi connectivity index (χ2v) is 5.29. The minimum absolute atomic E-state index is 0.102. The molecular weight excluding hydrogens is 346 g/mol. The van der Waals surface area contributed by atoms with Crippen LogP contribution in [0, 0.1) is 0 Å². The molecule has 2 N–H and O–H groups in total. The van der Waals surface area contributed by atoms with E-state index >= 15 is 0 Å². The molecule has 0 bridgehead atoms. The van der Waals surface area contributed by atoms with E-state index in [1.165, 1.54) is 12.1 Å². The maximum absolute atomic E-state index is 12.1. The van der Waals surface area contributed by atoms with Crippen LogP contribution in [-0.2, 0) is 0 Å². The number of carbonyl (C=O) groups excluding carboxylic acids is 1. The topological polar surface area (TPSA) is 66.4 Å². The minimum atomic E-state index is -1.05. The molecule has 0 aliphatic carbocycles. The number of carbonyl (C=O) groups is 2. The monoisotopic (exact) mass is 353 g/mol. The molecule has 20 heavy (non-hydrogen) atoms. The van der Waals surface area contributed by atoms with Crippen molar-refractivity contribution < 1.29 is 14.7 Å². The van der Waals surface area contributed by atoms with Gasteiger partial charge in [-0.1, -0.05) is 33.6 Å². The lowest BCUT2D eigenvalue weighted by Crippen LogP contribution is -2.13. The Balaban J connectivity index is 2.23. The highest BCUT2D eigenvalue weighted by atomic mass is 79.9. The minimum Gasteiger partial charge on any atom is -0.478 e. The van der Waals surface area contributed by atoms with Crippen LogP contribution in [0.5, 0.6) is 0 Å². The van der Waals surface area contributed by atoms with Crippen LogP contribution in [0.15, 0.2) is 46.9 Å². The lowest BCUT2D eigenvalue weighted by molar-refractivity contribution is 0.0696. The van der Waals surface area contributed by atoms with Crippen molar-refractivity contribution in [3.8, 4) is 0 Å². The molecule has 0 heterocycles. The molecule has 6 heteroatoms. The van der Waals surface area contributed by atoms with Crippen LogP contribution in [-0.4, -0.2) is 17.0 Å². The van der Waals surface area contributed by atoms with Gasteiger partial charge >= 0.3 is 5.97 Å². The SMILES string of the molecule is O=C(O)c1cccc(NC(=O)c2ccc(Br)cc2Cl)c1. The molecule has 0 atom stereocenters. The first kappa shape index (κ1) is 14.6. The summed E-state index contributed by atoms with van der Waals surface area (Å²) in [6.45, 7) is 0. The summed E-state index contributed by atoms with van der Waals surface area (Å²) >= 11 is 9.24. The molecule has 0 aliphatic heterocycles. The molecule has 0 aromatic heterocycles. The average Bonchev–Trinajstić information content (AvgIpc) is 2.38. The normalized spacial score (nSPS) is 10.1. The maximum Gasteiger partial charge on any atom is 0.335 e. The summed E-state index contributed by atoms with van der Waals surface area (Å²) in [6.07, 6.45) is 0. The number of nitrogens with one attached hydrogen (secondary N) is 1. The fourth-order valence-corrected chi connectivity index (χ4v) is 2.36. The summed E-state index contributed by atoms with van der Waals surface area (Å²) in [5.74, 6) is -1.45. The van der Waals surface area contributed by atoms with E-state index in [2.05, 4.69) is 21.2 Å². The molecule has 2 aromatic carbocycles. The van der Waals surface area contributed by atoms with Gasteiger partial charge in [-0.3, -0.25) is 4.79 Å². The number of carboxylic acids is 1. The van der Waals surface area contributed by atoms with Crippen molar-refractivity contribution in [3.63, 3.8) is 0 Å². The smallest absolute Gasteiger partial charge is 0.335 e. The third-order valence-corrected chi connectivity index (χ3v) is 3.35. The van der Waals surface area contributed by atoms with Crippen LogP contribution in [0.3, 0.4) is 0 Å². The molecule has 4 nitrogen and oxygen atoms in total. The van der Waals surface area contributed by atoms with Gasteiger partial charge in [-0.05, 0) is 36.4 Å². The van der Waals surface area contributed by atoms with Gasteiger partial charge in [-0.25, -0.2) is 4.79 Å². The Hall–Kier alpha value is -1.85. The lowest BCUT2D eigenvalue weighted by atomic mass is 10.1. The van der Waals surface area contributed by atoms with Crippen LogP contribution >= 0.6 is 27.5 Å². The van der Waals surface area contributed by atoms with Crippen molar-refractivity contribution in [2.45, 2.75) is 0 Å². The number of anilines is 1. The van der Waals surface area contributed by atoms with Gasteiger partial charge in [0, 0.05) is 10.2 Å². The van der Waals surface area contributed by atoms with Gasteiger partial charge in [0.25, 0.3) is 5.91 Å². The van der Waals surface area contributed by atoms with Gasteiger partial charge in [-0.2, -0.15) is 0 Å². The second kappa shape index (κ2) is 6.07. The zero-order valence-electron chi connectivity index (χ0n) is 10.1. The molecular formula is C14H9BrClNO3. The molecule has 0 unspecified atom stereocenters. The molecule has 0 saturated heterocycles. The Kier molecular flexibility index (Phi) is 4.42. The van der Waals surface area contributed by atoms with Gasteiger partial charge in [0.15, 0.2) is 0 Å². The highest BCUT2D eigenvalue weighted by Gasteiger charge is 2.11. The van der Waals surface area contributed by atoms with Gasteiger partial charge < -0.3 is 10.4 Å². The van der Waals surface area contributed by atoms with Crippen LogP contribution in [0.1, 0.15) is 20.7 Å². The number of hydrogen-bond acceptors (Lipinski definition) is 2. The summed E-state index contributed by atoms with van der Waals surface area (Å²) in [6, 6.07) is 10.9. The zero-order chi connectivity index (χ0) is 14.7. The first-order valence-electron chi connectivity index (χ1n) is 5.57. The fourth-order valence-electron chi connectivity index (χ4n) is 1.60. The molecule has 1 amide bonds. The highest BCUT2D eigenvalue weighted by molar-refractivity contribution is 9.10. The van der Waals surface area contributed by atoms with E-state index in [1.54, 1.807) is 30.3 Å². The molecule has 102 valence electrons.